The van der Waals surface area contributed by atoms with Gasteiger partial charge in [0.25, 0.3) is 5.56 Å². The molecule has 0 aromatic carbocycles. The van der Waals surface area contributed by atoms with Gasteiger partial charge < -0.3 is 10.6 Å². The van der Waals surface area contributed by atoms with Crippen LogP contribution in [0.2, 0.25) is 0 Å². The first kappa shape index (κ1) is 22.0. The number of hydrogen-bond acceptors (Lipinski definition) is 5. The van der Waals surface area contributed by atoms with E-state index in [0.717, 1.165) is 23.7 Å². The molecule has 2 heterocycles. The Kier molecular flexibility index (Phi) is 5.74. The highest BCUT2D eigenvalue weighted by Gasteiger charge is 2.56. The molecule has 3 aliphatic rings. The molecule has 2 aromatic rings. The van der Waals surface area contributed by atoms with Crippen molar-refractivity contribution in [2.45, 2.75) is 59.7 Å². The summed E-state index contributed by atoms with van der Waals surface area (Å²) < 4.78 is 3.33. The van der Waals surface area contributed by atoms with Crippen molar-refractivity contribution in [2.75, 3.05) is 5.32 Å². The molecule has 3 aliphatic carbocycles. The number of aryl methyl sites for hydroxylation is 2. The molecule has 1 amide bonds. The maximum absolute atomic E-state index is 12.8. The summed E-state index contributed by atoms with van der Waals surface area (Å²) in [5.74, 6) is 1.70. The number of nitrogens with one attached hydrogen (secondary N) is 2. The summed E-state index contributed by atoms with van der Waals surface area (Å²) in [7, 11) is 1.83. The fourth-order valence-corrected chi connectivity index (χ4v) is 5.85. The summed E-state index contributed by atoms with van der Waals surface area (Å²) in [4.78, 5) is 25.1. The van der Waals surface area contributed by atoms with Gasteiger partial charge in [-0.05, 0) is 64.9 Å². The highest BCUT2D eigenvalue weighted by atomic mass is 79.9. The molecule has 3 saturated carbocycles. The normalized spacial score (nSPS) is 26.3. The number of hydrogen-bond donors (Lipinski definition) is 2. The second-order valence-electron chi connectivity index (χ2n) is 9.72. The molecule has 5 rings (SSSR count). The van der Waals surface area contributed by atoms with Gasteiger partial charge in [-0.1, -0.05) is 20.8 Å². The van der Waals surface area contributed by atoms with Crippen molar-refractivity contribution < 1.29 is 4.79 Å². The lowest BCUT2D eigenvalue weighted by Crippen LogP contribution is -2.58. The molecule has 0 unspecified atom stereocenters. The first-order valence-corrected chi connectivity index (χ1v) is 11.7. The lowest BCUT2D eigenvalue weighted by molar-refractivity contribution is -0.122. The second-order valence-corrected chi connectivity index (χ2v) is 10.5. The molecular formula is C22H31BrN6O2. The van der Waals surface area contributed by atoms with Gasteiger partial charge in [0, 0.05) is 13.1 Å². The van der Waals surface area contributed by atoms with E-state index in [4.69, 9.17) is 0 Å². The van der Waals surface area contributed by atoms with Gasteiger partial charge in [-0.3, -0.25) is 14.3 Å². The SMILES string of the molecule is Cc1cc(CNC(=O)Cn2ncc(N[C@@H]3C[C@@H]4C[C@H]([C@H]3C)C4(C)C)c(Br)c2=O)n(C)n1. The Labute approximate surface area is 190 Å². The molecule has 2 bridgehead atoms. The first-order chi connectivity index (χ1) is 14.6. The number of halogens is 1. The average molecular weight is 491 g/mol. The van der Waals surface area contributed by atoms with Crippen molar-refractivity contribution in [3.05, 3.63) is 38.5 Å². The number of carbonyl (C=O) groups excluding carboxylic acids is 1. The summed E-state index contributed by atoms with van der Waals surface area (Å²) in [6.07, 6.45) is 4.05. The lowest BCUT2D eigenvalue weighted by Gasteiger charge is -2.62. The highest BCUT2D eigenvalue weighted by Crippen LogP contribution is 2.61. The van der Waals surface area contributed by atoms with Crippen LogP contribution in [0, 0.1) is 30.1 Å². The topological polar surface area (TPSA) is 93.8 Å². The summed E-state index contributed by atoms with van der Waals surface area (Å²) in [5.41, 5.74) is 2.59. The summed E-state index contributed by atoms with van der Waals surface area (Å²) >= 11 is 3.43. The van der Waals surface area contributed by atoms with Gasteiger partial charge in [0.05, 0.1) is 29.8 Å². The predicted molar refractivity (Wildman–Crippen MR) is 123 cm³/mol. The average Bonchev–Trinajstić information content (AvgIpc) is 3.04. The third-order valence-electron chi connectivity index (χ3n) is 7.54. The van der Waals surface area contributed by atoms with E-state index >= 15 is 0 Å². The van der Waals surface area contributed by atoms with E-state index in [1.165, 1.54) is 11.1 Å². The maximum Gasteiger partial charge on any atom is 0.283 e. The molecule has 8 nitrogen and oxygen atoms in total. The van der Waals surface area contributed by atoms with E-state index in [9.17, 15) is 9.59 Å². The van der Waals surface area contributed by atoms with Crippen LogP contribution in [0.25, 0.3) is 0 Å². The number of carbonyl (C=O) groups is 1. The molecule has 0 spiro atoms. The van der Waals surface area contributed by atoms with Gasteiger partial charge in [-0.15, -0.1) is 0 Å². The minimum absolute atomic E-state index is 0.132. The van der Waals surface area contributed by atoms with Gasteiger partial charge in [-0.2, -0.15) is 10.2 Å². The monoisotopic (exact) mass is 490 g/mol. The zero-order valence-corrected chi connectivity index (χ0v) is 20.4. The largest absolute Gasteiger partial charge is 0.380 e. The Hall–Kier alpha value is -2.16. The number of fused-ring (bicyclic) bond motifs is 2. The van der Waals surface area contributed by atoms with E-state index in [-0.39, 0.29) is 18.0 Å². The number of aromatic nitrogens is 4. The van der Waals surface area contributed by atoms with Crippen LogP contribution in [0.3, 0.4) is 0 Å². The number of amides is 1. The van der Waals surface area contributed by atoms with Crippen molar-refractivity contribution in [3.63, 3.8) is 0 Å². The standard InChI is InChI=1S/C22H31BrN6O2/c1-12-6-15(28(5)27-12)9-24-19(30)11-29-21(31)20(23)18(10-25-29)26-17-8-14-7-16(13(17)2)22(14,3)4/h6,10,13-14,16-17,26H,7-9,11H2,1-5H3,(H,24,30)/t13-,14+,16-,17-/m1/s1. The minimum Gasteiger partial charge on any atom is -0.380 e. The fraction of sp³-hybridized carbons (Fsp3) is 0.636. The van der Waals surface area contributed by atoms with Crippen molar-refractivity contribution >= 4 is 27.5 Å². The van der Waals surface area contributed by atoms with Gasteiger partial charge in [-0.25, -0.2) is 4.68 Å². The zero-order chi connectivity index (χ0) is 22.5. The smallest absolute Gasteiger partial charge is 0.283 e. The fourth-order valence-electron chi connectivity index (χ4n) is 5.43. The molecule has 4 atom stereocenters. The van der Waals surface area contributed by atoms with Crippen LogP contribution in [-0.4, -0.2) is 31.5 Å². The van der Waals surface area contributed by atoms with Crippen LogP contribution in [0.5, 0.6) is 0 Å². The Bertz CT molecular complexity index is 1060. The van der Waals surface area contributed by atoms with Gasteiger partial charge in [0.15, 0.2) is 0 Å². The molecule has 3 fully saturated rings. The van der Waals surface area contributed by atoms with E-state index in [0.29, 0.717) is 40.0 Å². The van der Waals surface area contributed by atoms with Crippen LogP contribution in [0.4, 0.5) is 5.69 Å². The summed E-state index contributed by atoms with van der Waals surface area (Å²) in [5, 5.41) is 14.9. The third kappa shape index (κ3) is 4.04. The molecule has 0 radical (unpaired) electrons. The Morgan fingerprint density at radius 2 is 2.10 bits per heavy atom. The Morgan fingerprint density at radius 3 is 2.71 bits per heavy atom. The van der Waals surface area contributed by atoms with Crippen molar-refractivity contribution in [1.82, 2.24) is 24.9 Å². The van der Waals surface area contributed by atoms with Crippen LogP contribution < -0.4 is 16.2 Å². The minimum atomic E-state index is -0.314. The zero-order valence-electron chi connectivity index (χ0n) is 18.8. The summed E-state index contributed by atoms with van der Waals surface area (Å²) in [6.45, 7) is 9.17. The van der Waals surface area contributed by atoms with Crippen LogP contribution >= 0.6 is 15.9 Å². The van der Waals surface area contributed by atoms with Gasteiger partial charge in [0.2, 0.25) is 5.91 Å². The number of anilines is 1. The maximum atomic E-state index is 12.8. The Balaban J connectivity index is 1.39. The third-order valence-corrected chi connectivity index (χ3v) is 8.31. The van der Waals surface area contributed by atoms with Crippen LogP contribution in [0.15, 0.2) is 21.5 Å². The second kappa shape index (κ2) is 8.07. The molecule has 2 N–H and O–H groups in total. The molecule has 2 aromatic heterocycles. The van der Waals surface area contributed by atoms with Crippen molar-refractivity contribution in [3.8, 4) is 0 Å². The quantitative estimate of drug-likeness (QED) is 0.649. The Morgan fingerprint density at radius 1 is 1.35 bits per heavy atom. The molecule has 0 aliphatic heterocycles. The molecule has 9 heteroatoms. The van der Waals surface area contributed by atoms with Crippen LogP contribution in [-0.2, 0) is 24.9 Å². The molecular weight excluding hydrogens is 460 g/mol. The summed E-state index contributed by atoms with van der Waals surface area (Å²) in [6, 6.07) is 2.25. The molecule has 0 saturated heterocycles. The molecule has 168 valence electrons. The van der Waals surface area contributed by atoms with E-state index in [1.54, 1.807) is 10.9 Å². The molecule has 31 heavy (non-hydrogen) atoms. The number of nitrogens with zero attached hydrogens (tertiary/aromatic N) is 4. The predicted octanol–water partition coefficient (Wildman–Crippen LogP) is 2.85. The van der Waals surface area contributed by atoms with Crippen molar-refractivity contribution in [2.24, 2.45) is 30.2 Å². The van der Waals surface area contributed by atoms with Gasteiger partial charge >= 0.3 is 0 Å². The van der Waals surface area contributed by atoms with Crippen molar-refractivity contribution in [1.29, 1.82) is 0 Å². The van der Waals surface area contributed by atoms with E-state index in [2.05, 4.69) is 57.5 Å². The van der Waals surface area contributed by atoms with E-state index < -0.39 is 0 Å². The number of rotatable bonds is 6. The first-order valence-electron chi connectivity index (χ1n) is 10.9. The van der Waals surface area contributed by atoms with Gasteiger partial charge in [0.1, 0.15) is 11.0 Å². The lowest BCUT2D eigenvalue weighted by atomic mass is 9.45. The van der Waals surface area contributed by atoms with E-state index in [1.807, 2.05) is 20.0 Å². The van der Waals surface area contributed by atoms with Crippen LogP contribution in [0.1, 0.15) is 45.0 Å². The highest BCUT2D eigenvalue weighted by molar-refractivity contribution is 9.10.